The summed E-state index contributed by atoms with van der Waals surface area (Å²) < 4.78 is 1.50. The van der Waals surface area contributed by atoms with Gasteiger partial charge >= 0.3 is 0 Å². The normalized spacial score (nSPS) is 45.0. The summed E-state index contributed by atoms with van der Waals surface area (Å²) in [5, 5.41) is 0. The third-order valence-electron chi connectivity index (χ3n) is 2.03. The fourth-order valence-corrected chi connectivity index (χ4v) is 2.70. The molecule has 9 heavy (non-hydrogen) atoms. The quantitative estimate of drug-likeness (QED) is 0.463. The Hall–Kier alpha value is 1.46. The maximum absolute atomic E-state index is 2.61. The van der Waals surface area contributed by atoms with Crippen LogP contribution < -0.4 is 0 Å². The molecule has 0 heterocycles. The fourth-order valence-electron chi connectivity index (χ4n) is 1.25. The Labute approximate surface area is 84.4 Å². The van der Waals surface area contributed by atoms with E-state index in [1.165, 1.54) is 25.7 Å². The predicted molar refractivity (Wildman–Crippen MR) is 58.7 cm³/mol. The van der Waals surface area contributed by atoms with Crippen LogP contribution in [0.2, 0.25) is 0 Å². The molecule has 1 saturated carbocycles. The zero-order chi connectivity index (χ0) is 6.91. The molecule has 0 spiro atoms. The first-order chi connectivity index (χ1) is 4.13. The number of rotatable bonds is 0. The molecule has 0 unspecified atom stereocenters. The lowest BCUT2D eigenvalue weighted by Crippen LogP contribution is -2.31. The van der Waals surface area contributed by atoms with Crippen LogP contribution in [0.5, 0.6) is 0 Å². The lowest BCUT2D eigenvalue weighted by molar-refractivity contribution is 0.463. The van der Waals surface area contributed by atoms with E-state index in [2.05, 4.69) is 52.1 Å². The van der Waals surface area contributed by atoms with E-state index in [9.17, 15) is 0 Å². The van der Waals surface area contributed by atoms with Gasteiger partial charge in [-0.05, 0) is 19.8 Å². The summed E-state index contributed by atoms with van der Waals surface area (Å²) in [6.07, 6.45) is 5.74. The third-order valence-corrected chi connectivity index (χ3v) is 6.51. The summed E-state index contributed by atoms with van der Waals surface area (Å²) in [5.74, 6) is 0. The average molecular weight is 350 g/mol. The molecule has 0 aliphatic heterocycles. The Kier molecular flexibility index (Phi) is 3.08. The molecule has 0 aromatic rings. The molecule has 0 nitrogen and oxygen atoms in total. The molecule has 0 aromatic carbocycles. The van der Waals surface area contributed by atoms with Gasteiger partial charge in [0, 0.05) is 7.35 Å². The van der Waals surface area contributed by atoms with Crippen LogP contribution in [-0.2, 0) is 0 Å². The number of alkyl halides is 2. The molecular formula is C7H12I2. The van der Waals surface area contributed by atoms with Crippen LogP contribution in [0.4, 0.5) is 0 Å². The van der Waals surface area contributed by atoms with Crippen LogP contribution in [0, 0.1) is 0 Å². The first-order valence-corrected chi connectivity index (χ1v) is 5.78. The van der Waals surface area contributed by atoms with E-state index >= 15 is 0 Å². The maximum Gasteiger partial charge on any atom is 0.0311 e. The Morgan fingerprint density at radius 1 is 1.44 bits per heavy atom. The van der Waals surface area contributed by atoms with E-state index in [-0.39, 0.29) is 0 Å². The highest BCUT2D eigenvalue weighted by atomic mass is 127. The molecule has 2 heteroatoms. The van der Waals surface area contributed by atoms with Crippen molar-refractivity contribution in [3.05, 3.63) is 0 Å². The van der Waals surface area contributed by atoms with Crippen molar-refractivity contribution in [1.82, 2.24) is 0 Å². The van der Waals surface area contributed by atoms with Crippen LogP contribution in [0.1, 0.15) is 32.6 Å². The molecule has 2 atom stereocenters. The monoisotopic (exact) mass is 350 g/mol. The van der Waals surface area contributed by atoms with Crippen LogP contribution in [-0.4, -0.2) is 7.35 Å². The van der Waals surface area contributed by atoms with Gasteiger partial charge in [0.15, 0.2) is 0 Å². The van der Waals surface area contributed by atoms with Crippen LogP contribution in [0.15, 0.2) is 0 Å². The van der Waals surface area contributed by atoms with Gasteiger partial charge in [0.25, 0.3) is 0 Å². The molecular weight excluding hydrogens is 338 g/mol. The van der Waals surface area contributed by atoms with Gasteiger partial charge in [0.1, 0.15) is 0 Å². The highest BCUT2D eigenvalue weighted by Crippen LogP contribution is 2.40. The van der Waals surface area contributed by atoms with Gasteiger partial charge in [-0.2, -0.15) is 0 Å². The first-order valence-electron chi connectivity index (χ1n) is 3.46. The highest BCUT2D eigenvalue weighted by molar-refractivity contribution is 14.1. The Morgan fingerprint density at radius 2 is 2.11 bits per heavy atom. The van der Waals surface area contributed by atoms with E-state index in [4.69, 9.17) is 0 Å². The molecule has 54 valence electrons. The van der Waals surface area contributed by atoms with E-state index in [0.717, 1.165) is 3.92 Å². The van der Waals surface area contributed by atoms with Crippen molar-refractivity contribution in [3.8, 4) is 0 Å². The van der Waals surface area contributed by atoms with Gasteiger partial charge in [-0.15, -0.1) is 0 Å². The fraction of sp³-hybridized carbons (Fsp3) is 1.00. The molecule has 0 saturated heterocycles. The largest absolute Gasteiger partial charge is 0.0812 e. The Bertz CT molecular complexity index is 99.1. The molecule has 0 aromatic heterocycles. The third kappa shape index (κ3) is 2.20. The standard InChI is InChI=1S/C7H12I2/c1-7(9)5-3-2-4-6(7)8/h6H,2-5H2,1H3/t6-,7+/m0/s1. The van der Waals surface area contributed by atoms with Gasteiger partial charge in [0.05, 0.1) is 0 Å². The predicted octanol–water partition coefficient (Wildman–Crippen LogP) is 3.56. The highest BCUT2D eigenvalue weighted by Gasteiger charge is 2.31. The van der Waals surface area contributed by atoms with Crippen LogP contribution in [0.25, 0.3) is 0 Å². The molecule has 0 N–H and O–H groups in total. The summed E-state index contributed by atoms with van der Waals surface area (Å²) in [6.45, 7) is 2.38. The van der Waals surface area contributed by atoms with Gasteiger partial charge in [-0.25, -0.2) is 0 Å². The second kappa shape index (κ2) is 3.24. The van der Waals surface area contributed by atoms with Crippen molar-refractivity contribution in [2.45, 2.75) is 40.0 Å². The number of hydrogen-bond acceptors (Lipinski definition) is 0. The molecule has 1 rings (SSSR count). The maximum atomic E-state index is 2.61. The lowest BCUT2D eigenvalue weighted by Gasteiger charge is -2.32. The summed E-state index contributed by atoms with van der Waals surface area (Å²) in [5.41, 5.74) is 0. The zero-order valence-corrected chi connectivity index (χ0v) is 9.98. The van der Waals surface area contributed by atoms with Crippen molar-refractivity contribution in [2.75, 3.05) is 0 Å². The van der Waals surface area contributed by atoms with Gasteiger partial charge in [-0.3, -0.25) is 0 Å². The molecule has 1 fully saturated rings. The summed E-state index contributed by atoms with van der Waals surface area (Å²) >= 11 is 5.20. The minimum absolute atomic E-state index is 0.594. The van der Waals surface area contributed by atoms with Crippen LogP contribution >= 0.6 is 45.2 Å². The Morgan fingerprint density at radius 3 is 2.44 bits per heavy atom. The van der Waals surface area contributed by atoms with Gasteiger partial charge < -0.3 is 0 Å². The minimum Gasteiger partial charge on any atom is -0.0812 e. The van der Waals surface area contributed by atoms with Crippen molar-refractivity contribution in [3.63, 3.8) is 0 Å². The van der Waals surface area contributed by atoms with E-state index in [1.807, 2.05) is 0 Å². The lowest BCUT2D eigenvalue weighted by atomic mass is 9.91. The SMILES string of the molecule is C[C@@]1(I)CCCC[C@@H]1I. The van der Waals surface area contributed by atoms with E-state index in [0.29, 0.717) is 3.42 Å². The minimum atomic E-state index is 0.594. The molecule has 0 radical (unpaired) electrons. The first kappa shape index (κ1) is 8.56. The Balaban J connectivity index is 2.49. The van der Waals surface area contributed by atoms with Crippen molar-refractivity contribution < 1.29 is 0 Å². The van der Waals surface area contributed by atoms with E-state index in [1.54, 1.807) is 0 Å². The molecule has 1 aliphatic carbocycles. The van der Waals surface area contributed by atoms with Crippen LogP contribution in [0.3, 0.4) is 0 Å². The molecule has 0 amide bonds. The van der Waals surface area contributed by atoms with Gasteiger partial charge in [-0.1, -0.05) is 58.0 Å². The summed E-state index contributed by atoms with van der Waals surface area (Å²) in [7, 11) is 0. The molecule has 1 aliphatic rings. The van der Waals surface area contributed by atoms with Gasteiger partial charge in [0.2, 0.25) is 0 Å². The topological polar surface area (TPSA) is 0 Å². The summed E-state index contributed by atoms with van der Waals surface area (Å²) in [4.78, 5) is 0. The van der Waals surface area contributed by atoms with Crippen molar-refractivity contribution in [2.24, 2.45) is 0 Å². The smallest absolute Gasteiger partial charge is 0.0311 e. The van der Waals surface area contributed by atoms with E-state index < -0.39 is 0 Å². The second-order valence-corrected chi connectivity index (χ2v) is 6.96. The number of halogens is 2. The second-order valence-electron chi connectivity index (χ2n) is 2.99. The number of hydrogen-bond donors (Lipinski definition) is 0. The van der Waals surface area contributed by atoms with Crippen molar-refractivity contribution in [1.29, 1.82) is 0 Å². The van der Waals surface area contributed by atoms with Crippen molar-refractivity contribution >= 4 is 45.2 Å². The average Bonchev–Trinajstić information content (AvgIpc) is 1.77. The molecule has 0 bridgehead atoms. The summed E-state index contributed by atoms with van der Waals surface area (Å²) in [6, 6.07) is 0. The zero-order valence-electron chi connectivity index (χ0n) is 5.66.